The van der Waals surface area contributed by atoms with E-state index in [4.69, 9.17) is 26.4 Å². The lowest BCUT2D eigenvalue weighted by molar-refractivity contribution is -0.145. The Balaban J connectivity index is 1.52. The maximum Gasteiger partial charge on any atom is 0.331 e. The third kappa shape index (κ3) is 6.30. The Bertz CT molecular complexity index is 1210. The molecule has 194 valence electrons. The highest BCUT2D eigenvalue weighted by Crippen LogP contribution is 2.39. The number of aliphatic carboxylic acids is 1. The van der Waals surface area contributed by atoms with Crippen LogP contribution in [0.15, 0.2) is 53.4 Å². The maximum absolute atomic E-state index is 13.2. The largest absolute Gasteiger partial charge is 0.490 e. The van der Waals surface area contributed by atoms with Gasteiger partial charge in [0.1, 0.15) is 4.32 Å². The predicted molar refractivity (Wildman–Crippen MR) is 142 cm³/mol. The second-order valence-corrected chi connectivity index (χ2v) is 9.80. The first-order valence-electron chi connectivity index (χ1n) is 11.7. The first-order chi connectivity index (χ1) is 17.9. The number of carbonyl (C=O) groups excluding carboxylic acids is 2. The van der Waals surface area contributed by atoms with Crippen molar-refractivity contribution in [3.05, 3.63) is 64.6 Å². The zero-order chi connectivity index (χ0) is 26.4. The van der Waals surface area contributed by atoms with Gasteiger partial charge in [0.25, 0.3) is 11.8 Å². The quantitative estimate of drug-likeness (QED) is 0.377. The van der Waals surface area contributed by atoms with Gasteiger partial charge < -0.3 is 24.2 Å². The van der Waals surface area contributed by atoms with Crippen LogP contribution in [0.25, 0.3) is 6.08 Å². The average molecular weight is 543 g/mol. The van der Waals surface area contributed by atoms with Gasteiger partial charge in [0.15, 0.2) is 24.1 Å². The SMILES string of the molecule is CCOc1cc(/C=C2/SC(=S)N(C(C(=O)O)c3ccccc3)C2=O)ccc1OCC(=O)N1CCOCC1. The molecule has 2 amide bonds. The Morgan fingerprint density at radius 1 is 1.14 bits per heavy atom. The predicted octanol–water partition coefficient (Wildman–Crippen LogP) is 3.35. The van der Waals surface area contributed by atoms with Crippen LogP contribution in [0.1, 0.15) is 24.1 Å². The lowest BCUT2D eigenvalue weighted by atomic mass is 10.1. The second kappa shape index (κ2) is 12.2. The van der Waals surface area contributed by atoms with E-state index in [1.807, 2.05) is 6.92 Å². The summed E-state index contributed by atoms with van der Waals surface area (Å²) in [6, 6.07) is 12.4. The lowest BCUT2D eigenvalue weighted by Crippen LogP contribution is -2.43. The smallest absolute Gasteiger partial charge is 0.331 e. The van der Waals surface area contributed by atoms with E-state index in [9.17, 15) is 19.5 Å². The summed E-state index contributed by atoms with van der Waals surface area (Å²) < 4.78 is 16.9. The van der Waals surface area contributed by atoms with Gasteiger partial charge in [-0.15, -0.1) is 0 Å². The first kappa shape index (κ1) is 26.6. The van der Waals surface area contributed by atoms with E-state index < -0.39 is 17.9 Å². The van der Waals surface area contributed by atoms with Crippen molar-refractivity contribution < 1.29 is 33.7 Å². The molecule has 2 saturated heterocycles. The lowest BCUT2D eigenvalue weighted by Gasteiger charge is -2.26. The van der Waals surface area contributed by atoms with Crippen LogP contribution in [0.3, 0.4) is 0 Å². The molecule has 0 aromatic heterocycles. The zero-order valence-corrected chi connectivity index (χ0v) is 21.8. The Labute approximate surface area is 224 Å². The summed E-state index contributed by atoms with van der Waals surface area (Å²) in [5.74, 6) is -0.960. The summed E-state index contributed by atoms with van der Waals surface area (Å²) in [6.45, 7) is 4.15. The molecule has 2 aromatic rings. The van der Waals surface area contributed by atoms with E-state index in [1.165, 1.54) is 0 Å². The molecule has 11 heteroatoms. The van der Waals surface area contributed by atoms with E-state index in [2.05, 4.69) is 0 Å². The number of carboxylic acids is 1. The summed E-state index contributed by atoms with van der Waals surface area (Å²) in [6.07, 6.45) is 1.63. The van der Waals surface area contributed by atoms with E-state index in [-0.39, 0.29) is 16.8 Å². The Kier molecular flexibility index (Phi) is 8.80. The number of thiocarbonyl (C=S) groups is 1. The molecule has 4 rings (SSSR count). The Morgan fingerprint density at radius 3 is 2.54 bits per heavy atom. The molecule has 2 aliphatic rings. The van der Waals surface area contributed by atoms with Gasteiger partial charge in [-0.2, -0.15) is 0 Å². The molecular formula is C26H26N2O7S2. The number of morpholine rings is 1. The number of rotatable bonds is 9. The number of carboxylic acid groups (broad SMARTS) is 1. The monoisotopic (exact) mass is 542 g/mol. The number of ether oxygens (including phenoxy) is 3. The van der Waals surface area contributed by atoms with Crippen LogP contribution >= 0.6 is 24.0 Å². The van der Waals surface area contributed by atoms with Crippen LogP contribution in [0.4, 0.5) is 0 Å². The van der Waals surface area contributed by atoms with Crippen molar-refractivity contribution in [1.82, 2.24) is 9.80 Å². The highest BCUT2D eigenvalue weighted by Gasteiger charge is 2.41. The van der Waals surface area contributed by atoms with Crippen LogP contribution < -0.4 is 9.47 Å². The normalized spacial score (nSPS) is 17.7. The average Bonchev–Trinajstić information content (AvgIpc) is 3.17. The third-order valence-corrected chi connectivity index (χ3v) is 7.04. The third-order valence-electron chi connectivity index (χ3n) is 5.71. The molecule has 0 aliphatic carbocycles. The summed E-state index contributed by atoms with van der Waals surface area (Å²) in [5, 5.41) is 9.85. The summed E-state index contributed by atoms with van der Waals surface area (Å²) in [4.78, 5) is 40.8. The molecular weight excluding hydrogens is 516 g/mol. The van der Waals surface area contributed by atoms with Crippen LogP contribution in [-0.2, 0) is 19.1 Å². The number of thioether (sulfide) groups is 1. The topological polar surface area (TPSA) is 106 Å². The van der Waals surface area contributed by atoms with Crippen molar-refractivity contribution in [2.45, 2.75) is 13.0 Å². The van der Waals surface area contributed by atoms with Crippen LogP contribution in [-0.4, -0.2) is 76.5 Å². The highest BCUT2D eigenvalue weighted by atomic mass is 32.2. The summed E-state index contributed by atoms with van der Waals surface area (Å²) >= 11 is 6.43. The standard InChI is InChI=1S/C26H26N2O7S2/c1-2-34-20-14-17(8-9-19(20)35-16-22(29)27-10-12-33-13-11-27)15-21-24(30)28(26(36)37-21)23(25(31)32)18-6-4-3-5-7-18/h3-9,14-15,23H,2,10-13,16H2,1H3,(H,31,32)/b21-15+. The molecule has 0 bridgehead atoms. The van der Waals surface area contributed by atoms with Gasteiger partial charge in [-0.3, -0.25) is 14.5 Å². The minimum Gasteiger partial charge on any atom is -0.490 e. The molecule has 2 aromatic carbocycles. The van der Waals surface area contributed by atoms with Crippen LogP contribution in [0.2, 0.25) is 0 Å². The van der Waals surface area contributed by atoms with Crippen LogP contribution in [0.5, 0.6) is 11.5 Å². The molecule has 2 fully saturated rings. The molecule has 1 atom stereocenters. The van der Waals surface area contributed by atoms with Gasteiger partial charge >= 0.3 is 5.97 Å². The fourth-order valence-electron chi connectivity index (χ4n) is 3.94. The molecule has 9 nitrogen and oxygen atoms in total. The Hall–Kier alpha value is -3.41. The number of hydrogen-bond donors (Lipinski definition) is 1. The molecule has 1 N–H and O–H groups in total. The first-order valence-corrected chi connectivity index (χ1v) is 12.9. The number of carbonyl (C=O) groups is 3. The molecule has 0 saturated carbocycles. The van der Waals surface area contributed by atoms with Gasteiger partial charge in [-0.25, -0.2) is 4.79 Å². The van der Waals surface area contributed by atoms with Gasteiger partial charge in [0.2, 0.25) is 0 Å². The number of hydrogen-bond acceptors (Lipinski definition) is 8. The van der Waals surface area contributed by atoms with Gasteiger partial charge in [-0.05, 0) is 36.3 Å². The summed E-state index contributed by atoms with van der Waals surface area (Å²) in [7, 11) is 0. The summed E-state index contributed by atoms with van der Waals surface area (Å²) in [5.41, 5.74) is 1.10. The van der Waals surface area contributed by atoms with E-state index in [1.54, 1.807) is 59.5 Å². The van der Waals surface area contributed by atoms with E-state index in [0.717, 1.165) is 16.7 Å². The molecule has 0 spiro atoms. The van der Waals surface area contributed by atoms with E-state index in [0.29, 0.717) is 60.4 Å². The molecule has 1 unspecified atom stereocenters. The van der Waals surface area contributed by atoms with Crippen molar-refractivity contribution in [3.63, 3.8) is 0 Å². The minimum atomic E-state index is -1.22. The van der Waals surface area contributed by atoms with Crippen molar-refractivity contribution in [1.29, 1.82) is 0 Å². The molecule has 2 aliphatic heterocycles. The maximum atomic E-state index is 13.2. The van der Waals surface area contributed by atoms with Crippen molar-refractivity contribution >= 4 is 52.2 Å². The van der Waals surface area contributed by atoms with Crippen molar-refractivity contribution in [3.8, 4) is 11.5 Å². The highest BCUT2D eigenvalue weighted by molar-refractivity contribution is 8.26. The van der Waals surface area contributed by atoms with Crippen molar-refractivity contribution in [2.75, 3.05) is 39.5 Å². The fraction of sp³-hybridized carbons (Fsp3) is 0.308. The van der Waals surface area contributed by atoms with Crippen molar-refractivity contribution in [2.24, 2.45) is 0 Å². The molecule has 2 heterocycles. The second-order valence-electron chi connectivity index (χ2n) is 8.12. The van der Waals surface area contributed by atoms with E-state index >= 15 is 0 Å². The van der Waals surface area contributed by atoms with Crippen LogP contribution in [0, 0.1) is 0 Å². The fourth-order valence-corrected chi connectivity index (χ4v) is 5.25. The van der Waals surface area contributed by atoms with Gasteiger partial charge in [-0.1, -0.05) is 60.4 Å². The number of benzene rings is 2. The molecule has 0 radical (unpaired) electrons. The van der Waals surface area contributed by atoms with Gasteiger partial charge in [0.05, 0.1) is 24.7 Å². The number of nitrogens with zero attached hydrogens (tertiary/aromatic N) is 2. The number of amides is 2. The Morgan fingerprint density at radius 2 is 1.86 bits per heavy atom. The molecule has 37 heavy (non-hydrogen) atoms. The van der Waals surface area contributed by atoms with Gasteiger partial charge in [0, 0.05) is 13.1 Å². The zero-order valence-electron chi connectivity index (χ0n) is 20.1. The minimum absolute atomic E-state index is 0.131.